The number of nitrogens with one attached hydrogen (secondary N) is 2. The van der Waals surface area contributed by atoms with Gasteiger partial charge in [-0.2, -0.15) is 0 Å². The van der Waals surface area contributed by atoms with Crippen LogP contribution in [0.4, 0.5) is 5.69 Å². The maximum absolute atomic E-state index is 12.4. The van der Waals surface area contributed by atoms with E-state index in [0.717, 1.165) is 49.3 Å². The summed E-state index contributed by atoms with van der Waals surface area (Å²) < 4.78 is 0. The van der Waals surface area contributed by atoms with Crippen molar-refractivity contribution in [2.45, 2.75) is 26.7 Å². The fourth-order valence-corrected chi connectivity index (χ4v) is 2.80. The lowest BCUT2D eigenvalue weighted by molar-refractivity contribution is 0.0891. The molecular formula is C17H27N3O. The van der Waals surface area contributed by atoms with Crippen LogP contribution in [0.5, 0.6) is 0 Å². The second-order valence-electron chi connectivity index (χ2n) is 6.58. The van der Waals surface area contributed by atoms with Crippen LogP contribution in [-0.4, -0.2) is 44.5 Å². The molecule has 1 aliphatic heterocycles. The molecule has 116 valence electrons. The van der Waals surface area contributed by atoms with Crippen LogP contribution >= 0.6 is 0 Å². The SMILES string of the molecule is CNc1ccc(C(=O)NCC2(C)CCN(C)CC2)c(C)c1. The third kappa shape index (κ3) is 3.97. The highest BCUT2D eigenvalue weighted by molar-refractivity contribution is 5.96. The molecule has 0 atom stereocenters. The summed E-state index contributed by atoms with van der Waals surface area (Å²) in [5, 5.41) is 6.22. The Morgan fingerprint density at radius 3 is 2.57 bits per heavy atom. The topological polar surface area (TPSA) is 44.4 Å². The number of benzene rings is 1. The molecular weight excluding hydrogens is 262 g/mol. The summed E-state index contributed by atoms with van der Waals surface area (Å²) in [7, 11) is 4.04. The summed E-state index contributed by atoms with van der Waals surface area (Å²) >= 11 is 0. The summed E-state index contributed by atoms with van der Waals surface area (Å²) in [5.41, 5.74) is 3.03. The van der Waals surface area contributed by atoms with E-state index in [-0.39, 0.29) is 11.3 Å². The molecule has 0 saturated carbocycles. The molecule has 1 aliphatic rings. The fraction of sp³-hybridized carbons (Fsp3) is 0.588. The van der Waals surface area contributed by atoms with Crippen LogP contribution in [0.2, 0.25) is 0 Å². The van der Waals surface area contributed by atoms with Crippen molar-refractivity contribution in [2.24, 2.45) is 5.41 Å². The first kappa shape index (κ1) is 15.8. The first-order chi connectivity index (χ1) is 9.93. The Balaban J connectivity index is 1.95. The van der Waals surface area contributed by atoms with Gasteiger partial charge in [0.25, 0.3) is 5.91 Å². The van der Waals surface area contributed by atoms with E-state index < -0.39 is 0 Å². The van der Waals surface area contributed by atoms with Crippen LogP contribution in [0.1, 0.15) is 35.7 Å². The van der Waals surface area contributed by atoms with E-state index in [1.54, 1.807) is 0 Å². The Labute approximate surface area is 127 Å². The molecule has 2 N–H and O–H groups in total. The number of aryl methyl sites for hydroxylation is 1. The highest BCUT2D eigenvalue weighted by atomic mass is 16.1. The molecule has 4 heteroatoms. The third-order valence-electron chi connectivity index (χ3n) is 4.63. The zero-order valence-electron chi connectivity index (χ0n) is 13.6. The van der Waals surface area contributed by atoms with E-state index in [4.69, 9.17) is 0 Å². The van der Waals surface area contributed by atoms with Crippen LogP contribution in [0.25, 0.3) is 0 Å². The van der Waals surface area contributed by atoms with Crippen molar-refractivity contribution in [1.82, 2.24) is 10.2 Å². The van der Waals surface area contributed by atoms with Crippen molar-refractivity contribution in [1.29, 1.82) is 0 Å². The van der Waals surface area contributed by atoms with Gasteiger partial charge in [-0.05, 0) is 69.1 Å². The zero-order valence-corrected chi connectivity index (χ0v) is 13.6. The molecule has 0 spiro atoms. The Kier molecular flexibility index (Phi) is 4.88. The van der Waals surface area contributed by atoms with E-state index >= 15 is 0 Å². The lowest BCUT2D eigenvalue weighted by Gasteiger charge is -2.38. The average molecular weight is 289 g/mol. The standard InChI is InChI=1S/C17H27N3O/c1-13-11-14(18-3)5-6-15(13)16(21)19-12-17(2)7-9-20(4)10-8-17/h5-6,11,18H,7-10,12H2,1-4H3,(H,19,21). The van der Waals surface area contributed by atoms with Gasteiger partial charge in [-0.25, -0.2) is 0 Å². The van der Waals surface area contributed by atoms with Crippen LogP contribution < -0.4 is 10.6 Å². The van der Waals surface area contributed by atoms with Crippen molar-refractivity contribution in [3.05, 3.63) is 29.3 Å². The van der Waals surface area contributed by atoms with Crippen LogP contribution in [0, 0.1) is 12.3 Å². The highest BCUT2D eigenvalue weighted by Crippen LogP contribution is 2.29. The zero-order chi connectivity index (χ0) is 15.5. The maximum atomic E-state index is 12.4. The van der Waals surface area contributed by atoms with Crippen molar-refractivity contribution < 1.29 is 4.79 Å². The number of nitrogens with zero attached hydrogens (tertiary/aromatic N) is 1. The van der Waals surface area contributed by atoms with Gasteiger partial charge in [0.1, 0.15) is 0 Å². The second-order valence-corrected chi connectivity index (χ2v) is 6.58. The van der Waals surface area contributed by atoms with Gasteiger partial charge in [-0.3, -0.25) is 4.79 Å². The summed E-state index contributed by atoms with van der Waals surface area (Å²) in [6, 6.07) is 5.85. The van der Waals surface area contributed by atoms with Crippen molar-refractivity contribution in [2.75, 3.05) is 39.0 Å². The van der Waals surface area contributed by atoms with Crippen LogP contribution in [-0.2, 0) is 0 Å². The minimum absolute atomic E-state index is 0.0373. The Morgan fingerprint density at radius 1 is 1.33 bits per heavy atom. The minimum atomic E-state index is 0.0373. The monoisotopic (exact) mass is 289 g/mol. The normalized spacial score (nSPS) is 18.3. The average Bonchev–Trinajstić information content (AvgIpc) is 2.48. The molecule has 2 rings (SSSR count). The predicted octanol–water partition coefficient (Wildman–Crippen LogP) is 2.50. The third-order valence-corrected chi connectivity index (χ3v) is 4.63. The van der Waals surface area contributed by atoms with Crippen molar-refractivity contribution in [3.8, 4) is 0 Å². The molecule has 1 aromatic rings. The lowest BCUT2D eigenvalue weighted by atomic mass is 9.80. The van der Waals surface area contributed by atoms with Gasteiger partial charge in [-0.1, -0.05) is 6.92 Å². The number of likely N-dealkylation sites (tertiary alicyclic amines) is 1. The maximum Gasteiger partial charge on any atom is 0.251 e. The Morgan fingerprint density at radius 2 is 2.00 bits per heavy atom. The molecule has 21 heavy (non-hydrogen) atoms. The molecule has 1 amide bonds. The van der Waals surface area contributed by atoms with E-state index in [9.17, 15) is 4.79 Å². The highest BCUT2D eigenvalue weighted by Gasteiger charge is 2.29. The number of amides is 1. The van der Waals surface area contributed by atoms with E-state index in [1.165, 1.54) is 0 Å². The van der Waals surface area contributed by atoms with Crippen molar-refractivity contribution in [3.63, 3.8) is 0 Å². The van der Waals surface area contributed by atoms with Gasteiger partial charge in [-0.15, -0.1) is 0 Å². The van der Waals surface area contributed by atoms with Crippen LogP contribution in [0.3, 0.4) is 0 Å². The molecule has 4 nitrogen and oxygen atoms in total. The van der Waals surface area contributed by atoms with E-state index in [0.29, 0.717) is 0 Å². The van der Waals surface area contributed by atoms with Gasteiger partial charge in [0, 0.05) is 24.8 Å². The fourth-order valence-electron chi connectivity index (χ4n) is 2.80. The van der Waals surface area contributed by atoms with Crippen molar-refractivity contribution >= 4 is 11.6 Å². The molecule has 0 aromatic heterocycles. The molecule has 1 aromatic carbocycles. The molecule has 0 aliphatic carbocycles. The summed E-state index contributed by atoms with van der Waals surface area (Å²) in [4.78, 5) is 14.7. The first-order valence-corrected chi connectivity index (χ1v) is 7.69. The van der Waals surface area contributed by atoms with Gasteiger partial charge in [0.05, 0.1) is 0 Å². The summed E-state index contributed by atoms with van der Waals surface area (Å²) in [5.74, 6) is 0.0373. The van der Waals surface area contributed by atoms with Gasteiger partial charge < -0.3 is 15.5 Å². The van der Waals surface area contributed by atoms with Crippen LogP contribution in [0.15, 0.2) is 18.2 Å². The number of carbonyl (C=O) groups excluding carboxylic acids is 1. The molecule has 1 saturated heterocycles. The van der Waals surface area contributed by atoms with Gasteiger partial charge in [0.2, 0.25) is 0 Å². The smallest absolute Gasteiger partial charge is 0.251 e. The number of carbonyl (C=O) groups is 1. The summed E-state index contributed by atoms with van der Waals surface area (Å²) in [6.45, 7) is 7.24. The first-order valence-electron chi connectivity index (χ1n) is 7.69. The lowest BCUT2D eigenvalue weighted by Crippen LogP contribution is -2.43. The quantitative estimate of drug-likeness (QED) is 0.895. The predicted molar refractivity (Wildman–Crippen MR) is 87.9 cm³/mol. The Hall–Kier alpha value is -1.55. The number of hydrogen-bond donors (Lipinski definition) is 2. The Bertz CT molecular complexity index is 505. The van der Waals surface area contributed by atoms with Gasteiger partial charge >= 0.3 is 0 Å². The largest absolute Gasteiger partial charge is 0.388 e. The number of piperidine rings is 1. The molecule has 1 fully saturated rings. The molecule has 1 heterocycles. The number of hydrogen-bond acceptors (Lipinski definition) is 3. The minimum Gasteiger partial charge on any atom is -0.388 e. The molecule has 0 radical (unpaired) electrons. The summed E-state index contributed by atoms with van der Waals surface area (Å²) in [6.07, 6.45) is 2.28. The number of anilines is 1. The molecule has 0 bridgehead atoms. The van der Waals surface area contributed by atoms with Gasteiger partial charge in [0.15, 0.2) is 0 Å². The number of rotatable bonds is 4. The van der Waals surface area contributed by atoms with E-state index in [1.807, 2.05) is 32.2 Å². The second kappa shape index (κ2) is 6.48. The molecule has 0 unspecified atom stereocenters. The van der Waals surface area contributed by atoms with E-state index in [2.05, 4.69) is 29.5 Å².